The summed E-state index contributed by atoms with van der Waals surface area (Å²) in [6.45, 7) is -0.858. The smallest absolute Gasteiger partial charge is 0.331 e. The number of benzene rings is 1. The molecule has 29 heavy (non-hydrogen) atoms. The van der Waals surface area contributed by atoms with Crippen LogP contribution in [0, 0.1) is 11.3 Å². The summed E-state index contributed by atoms with van der Waals surface area (Å²) in [7, 11) is 1.38. The predicted molar refractivity (Wildman–Crippen MR) is 106 cm³/mol. The lowest BCUT2D eigenvalue weighted by atomic mass is 10.3. The number of nitrogens with zero attached hydrogens (tertiary/aromatic N) is 4. The zero-order chi connectivity index (χ0) is 21.1. The van der Waals surface area contributed by atoms with Gasteiger partial charge >= 0.3 is 5.69 Å². The van der Waals surface area contributed by atoms with Crippen molar-refractivity contribution >= 4 is 29.1 Å². The zero-order valence-corrected chi connectivity index (χ0v) is 16.3. The highest BCUT2D eigenvalue weighted by Crippen LogP contribution is 2.33. The van der Waals surface area contributed by atoms with Crippen LogP contribution in [-0.2, 0) is 16.1 Å². The molecule has 0 spiro atoms. The average molecular weight is 416 g/mol. The SMILES string of the molecule is CN(CC(=O)Nc1ccccc1Cl)C(=O)Cn1c(=O)c(C#N)cn(C2CC2)c1=O. The third-order valence-corrected chi connectivity index (χ3v) is 4.83. The van der Waals surface area contributed by atoms with Crippen molar-refractivity contribution in [3.8, 4) is 6.07 Å². The van der Waals surface area contributed by atoms with Gasteiger partial charge in [0.25, 0.3) is 5.56 Å². The molecule has 0 atom stereocenters. The maximum absolute atomic E-state index is 12.6. The topological polar surface area (TPSA) is 117 Å². The maximum atomic E-state index is 12.6. The normalized spacial score (nSPS) is 12.9. The van der Waals surface area contributed by atoms with Gasteiger partial charge in [0.1, 0.15) is 18.2 Å². The van der Waals surface area contributed by atoms with E-state index in [0.29, 0.717) is 10.7 Å². The standard InChI is InChI=1S/C19H18ClN5O4/c1-23(10-16(26)22-15-5-3-2-4-14(15)20)17(27)11-25-18(28)12(8-21)9-24(19(25)29)13-6-7-13/h2-5,9,13H,6-7,10-11H2,1H3,(H,22,26). The summed E-state index contributed by atoms with van der Waals surface area (Å²) in [4.78, 5) is 50.7. The Morgan fingerprint density at radius 1 is 1.31 bits per heavy atom. The maximum Gasteiger partial charge on any atom is 0.331 e. The number of nitriles is 1. The van der Waals surface area contributed by atoms with Gasteiger partial charge in [-0.05, 0) is 25.0 Å². The van der Waals surface area contributed by atoms with Crippen LogP contribution in [0.25, 0.3) is 0 Å². The van der Waals surface area contributed by atoms with Gasteiger partial charge in [-0.2, -0.15) is 5.26 Å². The second kappa shape index (κ2) is 8.32. The Hall–Kier alpha value is -3.38. The molecule has 2 aromatic rings. The molecule has 0 bridgehead atoms. The van der Waals surface area contributed by atoms with Crippen LogP contribution < -0.4 is 16.6 Å². The van der Waals surface area contributed by atoms with E-state index in [9.17, 15) is 19.2 Å². The molecular formula is C19H18ClN5O4. The number of hydrogen-bond acceptors (Lipinski definition) is 5. The number of halogens is 1. The minimum absolute atomic E-state index is 0.0596. The minimum atomic E-state index is -0.823. The van der Waals surface area contributed by atoms with E-state index in [-0.39, 0.29) is 18.2 Å². The van der Waals surface area contributed by atoms with E-state index in [1.807, 2.05) is 0 Å². The summed E-state index contributed by atoms with van der Waals surface area (Å²) in [6.07, 6.45) is 2.79. The molecule has 1 heterocycles. The van der Waals surface area contributed by atoms with Crippen LogP contribution in [0.3, 0.4) is 0 Å². The summed E-state index contributed by atoms with van der Waals surface area (Å²) in [6, 6.07) is 8.36. The third kappa shape index (κ3) is 4.55. The fourth-order valence-electron chi connectivity index (χ4n) is 2.76. The van der Waals surface area contributed by atoms with Gasteiger partial charge in [-0.15, -0.1) is 0 Å². The molecular weight excluding hydrogens is 398 g/mol. The fourth-order valence-corrected chi connectivity index (χ4v) is 2.95. The number of likely N-dealkylation sites (N-methyl/N-ethyl adjacent to an activating group) is 1. The molecule has 9 nitrogen and oxygen atoms in total. The van der Waals surface area contributed by atoms with E-state index in [0.717, 1.165) is 22.3 Å². The van der Waals surface area contributed by atoms with Gasteiger partial charge in [0, 0.05) is 19.3 Å². The van der Waals surface area contributed by atoms with Crippen molar-refractivity contribution in [1.29, 1.82) is 5.26 Å². The van der Waals surface area contributed by atoms with Crippen molar-refractivity contribution < 1.29 is 9.59 Å². The molecule has 1 aromatic heterocycles. The lowest BCUT2D eigenvalue weighted by Gasteiger charge is -2.18. The molecule has 1 aromatic carbocycles. The molecule has 0 unspecified atom stereocenters. The summed E-state index contributed by atoms with van der Waals surface area (Å²) in [5.74, 6) is -1.10. The Morgan fingerprint density at radius 3 is 2.62 bits per heavy atom. The van der Waals surface area contributed by atoms with E-state index in [4.69, 9.17) is 16.9 Å². The van der Waals surface area contributed by atoms with Crippen molar-refractivity contribution in [2.75, 3.05) is 18.9 Å². The first-order chi connectivity index (χ1) is 13.8. The molecule has 150 valence electrons. The predicted octanol–water partition coefficient (Wildman–Crippen LogP) is 0.967. The van der Waals surface area contributed by atoms with Crippen LogP contribution in [0.4, 0.5) is 5.69 Å². The number of anilines is 1. The van der Waals surface area contributed by atoms with Gasteiger partial charge in [-0.3, -0.25) is 19.0 Å². The molecule has 1 aliphatic rings. The second-order valence-electron chi connectivity index (χ2n) is 6.74. The monoisotopic (exact) mass is 415 g/mol. The summed E-state index contributed by atoms with van der Waals surface area (Å²) < 4.78 is 2.05. The van der Waals surface area contributed by atoms with Crippen LogP contribution in [0.5, 0.6) is 0 Å². The van der Waals surface area contributed by atoms with Gasteiger partial charge in [0.05, 0.1) is 17.3 Å². The fraction of sp³-hybridized carbons (Fsp3) is 0.316. The molecule has 2 amide bonds. The molecule has 0 radical (unpaired) electrons. The molecule has 10 heteroatoms. The number of nitrogens with one attached hydrogen (secondary N) is 1. The van der Waals surface area contributed by atoms with E-state index >= 15 is 0 Å². The highest BCUT2D eigenvalue weighted by atomic mass is 35.5. The first-order valence-corrected chi connectivity index (χ1v) is 9.24. The van der Waals surface area contributed by atoms with E-state index in [1.165, 1.54) is 17.8 Å². The number of carbonyl (C=O) groups is 2. The van der Waals surface area contributed by atoms with Gasteiger partial charge in [0.15, 0.2) is 0 Å². The van der Waals surface area contributed by atoms with Gasteiger partial charge in [0.2, 0.25) is 11.8 Å². The molecule has 1 fully saturated rings. The molecule has 0 aliphatic heterocycles. The Balaban J connectivity index is 1.73. The summed E-state index contributed by atoms with van der Waals surface area (Å²) >= 11 is 5.99. The first kappa shape index (κ1) is 20.4. The van der Waals surface area contributed by atoms with E-state index in [1.54, 1.807) is 30.3 Å². The highest BCUT2D eigenvalue weighted by Gasteiger charge is 2.27. The molecule has 3 rings (SSSR count). The quantitative estimate of drug-likeness (QED) is 0.754. The summed E-state index contributed by atoms with van der Waals surface area (Å²) in [5, 5.41) is 12.1. The Morgan fingerprint density at radius 2 is 2.00 bits per heavy atom. The number of amides is 2. The molecule has 0 saturated heterocycles. The number of hydrogen-bond donors (Lipinski definition) is 1. The van der Waals surface area contributed by atoms with Gasteiger partial charge in [-0.25, -0.2) is 9.36 Å². The van der Waals surface area contributed by atoms with Crippen molar-refractivity contribution in [3.63, 3.8) is 0 Å². The minimum Gasteiger partial charge on any atom is -0.335 e. The van der Waals surface area contributed by atoms with E-state index in [2.05, 4.69) is 5.32 Å². The highest BCUT2D eigenvalue weighted by molar-refractivity contribution is 6.33. The third-order valence-electron chi connectivity index (χ3n) is 4.50. The van der Waals surface area contributed by atoms with Gasteiger partial charge < -0.3 is 10.2 Å². The first-order valence-electron chi connectivity index (χ1n) is 8.86. The molecule has 1 saturated carbocycles. The lowest BCUT2D eigenvalue weighted by molar-refractivity contribution is -0.133. The van der Waals surface area contributed by atoms with E-state index < -0.39 is 29.6 Å². The Bertz CT molecular complexity index is 1130. The lowest BCUT2D eigenvalue weighted by Crippen LogP contribution is -2.45. The number of para-hydroxylation sites is 1. The van der Waals surface area contributed by atoms with Crippen LogP contribution >= 0.6 is 11.6 Å². The van der Waals surface area contributed by atoms with Crippen molar-refractivity contribution in [1.82, 2.24) is 14.0 Å². The molecule has 1 aliphatic carbocycles. The van der Waals surface area contributed by atoms with Crippen molar-refractivity contribution in [2.24, 2.45) is 0 Å². The van der Waals surface area contributed by atoms with Gasteiger partial charge in [-0.1, -0.05) is 23.7 Å². The van der Waals surface area contributed by atoms with Crippen LogP contribution in [-0.4, -0.2) is 39.4 Å². The van der Waals surface area contributed by atoms with Crippen molar-refractivity contribution in [2.45, 2.75) is 25.4 Å². The largest absolute Gasteiger partial charge is 0.335 e. The van der Waals surface area contributed by atoms with Crippen LogP contribution in [0.15, 0.2) is 40.1 Å². The average Bonchev–Trinajstić information content (AvgIpc) is 3.52. The number of carbonyl (C=O) groups excluding carboxylic acids is 2. The Labute approximate surface area is 170 Å². The number of rotatable bonds is 6. The second-order valence-corrected chi connectivity index (χ2v) is 7.15. The van der Waals surface area contributed by atoms with Crippen molar-refractivity contribution in [3.05, 3.63) is 61.9 Å². The van der Waals surface area contributed by atoms with Crippen LogP contribution in [0.1, 0.15) is 24.4 Å². The van der Waals surface area contributed by atoms with Crippen LogP contribution in [0.2, 0.25) is 5.02 Å². The summed E-state index contributed by atoms with van der Waals surface area (Å²) in [5.41, 5.74) is -1.26. The number of aromatic nitrogens is 2. The zero-order valence-electron chi connectivity index (χ0n) is 15.6. The Kier molecular flexibility index (Phi) is 5.84. The molecule has 1 N–H and O–H groups in total.